The lowest BCUT2D eigenvalue weighted by Gasteiger charge is -2.26. The van der Waals surface area contributed by atoms with Crippen LogP contribution in [0.4, 0.5) is 0 Å². The van der Waals surface area contributed by atoms with Crippen LogP contribution in [0.25, 0.3) is 0 Å². The number of morpholine rings is 1. The van der Waals surface area contributed by atoms with E-state index in [2.05, 4.69) is 5.32 Å². The Morgan fingerprint density at radius 2 is 1.65 bits per heavy atom. The zero-order valence-electron chi connectivity index (χ0n) is 16.0. The smallest absolute Gasteiger partial charge is 0.253 e. The summed E-state index contributed by atoms with van der Waals surface area (Å²) in [5.41, 5.74) is 0.547. The third-order valence-corrected chi connectivity index (χ3v) is 8.16. The molecule has 1 fully saturated rings. The Bertz CT molecular complexity index is 1200. The quantitative estimate of drug-likeness (QED) is 0.609. The van der Waals surface area contributed by atoms with Crippen molar-refractivity contribution < 1.29 is 26.4 Å². The first-order valence-corrected chi connectivity index (χ1v) is 12.7. The molecule has 0 saturated carbocycles. The number of carbonyl (C=O) groups is 1. The van der Waals surface area contributed by atoms with E-state index < -0.39 is 26.0 Å². The Hall–Kier alpha value is -1.73. The molecule has 3 rings (SSSR count). The Kier molecular flexibility index (Phi) is 7.26. The van der Waals surface area contributed by atoms with Gasteiger partial charge in [-0.1, -0.05) is 35.3 Å². The van der Waals surface area contributed by atoms with Gasteiger partial charge in [0, 0.05) is 19.6 Å². The van der Waals surface area contributed by atoms with Gasteiger partial charge in [-0.3, -0.25) is 4.79 Å². The predicted molar refractivity (Wildman–Crippen MR) is 115 cm³/mol. The molecule has 13 heteroatoms. The summed E-state index contributed by atoms with van der Waals surface area (Å²) in [6.07, 6.45) is 0. The lowest BCUT2D eigenvalue weighted by molar-refractivity contribution is 0.0730. The number of rotatable bonds is 6. The molecule has 1 saturated heterocycles. The van der Waals surface area contributed by atoms with Crippen molar-refractivity contribution in [2.45, 2.75) is 16.3 Å². The molecular weight excluding hydrogens is 489 g/mol. The van der Waals surface area contributed by atoms with Crippen molar-refractivity contribution in [1.29, 1.82) is 0 Å². The fraction of sp³-hybridized carbons (Fsp3) is 0.278. The third kappa shape index (κ3) is 5.55. The SMILES string of the molecule is NS(=O)(=O)c1ccc(CNC(=O)c2cc(S(=O)(=O)N3CCOCC3)c(Cl)cc2Cl)cc1. The van der Waals surface area contributed by atoms with Crippen LogP contribution in [0.1, 0.15) is 15.9 Å². The van der Waals surface area contributed by atoms with E-state index in [4.69, 9.17) is 33.1 Å². The first-order valence-electron chi connectivity index (χ1n) is 8.97. The van der Waals surface area contributed by atoms with Crippen molar-refractivity contribution in [2.24, 2.45) is 5.14 Å². The molecule has 0 aromatic heterocycles. The molecule has 0 unspecified atom stereocenters. The maximum absolute atomic E-state index is 12.9. The topological polar surface area (TPSA) is 136 Å². The monoisotopic (exact) mass is 507 g/mol. The number of primary sulfonamides is 1. The van der Waals surface area contributed by atoms with Crippen LogP contribution >= 0.6 is 23.2 Å². The Balaban J connectivity index is 1.80. The summed E-state index contributed by atoms with van der Waals surface area (Å²) in [4.78, 5) is 12.4. The van der Waals surface area contributed by atoms with Gasteiger partial charge in [-0.05, 0) is 29.8 Å². The van der Waals surface area contributed by atoms with Crippen LogP contribution in [0.15, 0.2) is 46.2 Å². The molecule has 3 N–H and O–H groups in total. The Morgan fingerprint density at radius 1 is 1.03 bits per heavy atom. The molecule has 1 aliphatic heterocycles. The largest absolute Gasteiger partial charge is 0.379 e. The number of benzene rings is 2. The van der Waals surface area contributed by atoms with Gasteiger partial charge in [-0.25, -0.2) is 22.0 Å². The summed E-state index contributed by atoms with van der Waals surface area (Å²) in [5.74, 6) is -0.615. The van der Waals surface area contributed by atoms with Gasteiger partial charge in [0.05, 0.1) is 33.7 Å². The van der Waals surface area contributed by atoms with E-state index >= 15 is 0 Å². The number of nitrogens with one attached hydrogen (secondary N) is 1. The summed E-state index contributed by atoms with van der Waals surface area (Å²) < 4.78 is 54.9. The lowest BCUT2D eigenvalue weighted by Crippen LogP contribution is -2.40. The maximum atomic E-state index is 12.9. The van der Waals surface area contributed by atoms with Crippen LogP contribution in [0.2, 0.25) is 10.0 Å². The first kappa shape index (κ1) is 23.9. The van der Waals surface area contributed by atoms with Gasteiger partial charge in [0.2, 0.25) is 20.0 Å². The van der Waals surface area contributed by atoms with Crippen LogP contribution in [-0.2, 0) is 31.3 Å². The summed E-state index contributed by atoms with van der Waals surface area (Å²) in [6.45, 7) is 0.937. The molecule has 1 aliphatic rings. The lowest BCUT2D eigenvalue weighted by atomic mass is 10.2. The number of amides is 1. The Labute approximate surface area is 190 Å². The van der Waals surface area contributed by atoms with Gasteiger partial charge in [-0.2, -0.15) is 4.31 Å². The standard InChI is InChI=1S/C18H19Cl2N3O6S2/c19-15-10-16(20)17(31(27,28)23-5-7-29-8-6-23)9-14(15)18(24)22-11-12-1-3-13(4-2-12)30(21,25)26/h1-4,9-10H,5-8,11H2,(H,22,24)(H2,21,25,26). The van der Waals surface area contributed by atoms with E-state index in [-0.39, 0.29) is 58.2 Å². The highest BCUT2D eigenvalue weighted by atomic mass is 35.5. The van der Waals surface area contributed by atoms with Gasteiger partial charge in [0.15, 0.2) is 0 Å². The van der Waals surface area contributed by atoms with E-state index in [1.165, 1.54) is 34.6 Å². The summed E-state index contributed by atoms with van der Waals surface area (Å²) in [5, 5.41) is 7.57. The zero-order valence-corrected chi connectivity index (χ0v) is 19.2. The van der Waals surface area contributed by atoms with E-state index in [0.717, 1.165) is 6.07 Å². The van der Waals surface area contributed by atoms with Gasteiger partial charge >= 0.3 is 0 Å². The highest BCUT2D eigenvalue weighted by molar-refractivity contribution is 7.89. The van der Waals surface area contributed by atoms with Crippen molar-refractivity contribution in [3.05, 3.63) is 57.6 Å². The molecular formula is C18H19Cl2N3O6S2. The van der Waals surface area contributed by atoms with Crippen LogP contribution in [-0.4, -0.2) is 53.4 Å². The normalized spacial score (nSPS) is 15.6. The molecule has 0 bridgehead atoms. The first-order chi connectivity index (χ1) is 14.5. The minimum absolute atomic E-state index is 0.00648. The molecule has 2 aromatic carbocycles. The highest BCUT2D eigenvalue weighted by Crippen LogP contribution is 2.31. The molecule has 0 spiro atoms. The average Bonchev–Trinajstić information content (AvgIpc) is 2.72. The van der Waals surface area contributed by atoms with Gasteiger partial charge in [0.25, 0.3) is 5.91 Å². The minimum Gasteiger partial charge on any atom is -0.379 e. The van der Waals surface area contributed by atoms with Crippen LogP contribution in [0, 0.1) is 0 Å². The number of ether oxygens (including phenoxy) is 1. The minimum atomic E-state index is -3.94. The summed E-state index contributed by atoms with van der Waals surface area (Å²) in [6, 6.07) is 8.00. The number of hydrogen-bond donors (Lipinski definition) is 2. The van der Waals surface area contributed by atoms with Gasteiger partial charge in [-0.15, -0.1) is 0 Å². The van der Waals surface area contributed by atoms with Crippen molar-refractivity contribution in [2.75, 3.05) is 26.3 Å². The van der Waals surface area contributed by atoms with E-state index in [9.17, 15) is 21.6 Å². The highest BCUT2D eigenvalue weighted by Gasteiger charge is 2.30. The second-order valence-corrected chi connectivity index (χ2v) is 10.9. The van der Waals surface area contributed by atoms with Crippen molar-refractivity contribution in [3.63, 3.8) is 0 Å². The molecule has 1 heterocycles. The number of hydrogen-bond acceptors (Lipinski definition) is 6. The number of nitrogens with zero attached hydrogens (tertiary/aromatic N) is 1. The predicted octanol–water partition coefficient (Wildman–Crippen LogP) is 1.59. The van der Waals surface area contributed by atoms with Crippen molar-refractivity contribution in [1.82, 2.24) is 9.62 Å². The molecule has 2 aromatic rings. The van der Waals surface area contributed by atoms with Crippen LogP contribution in [0.3, 0.4) is 0 Å². The summed E-state index contributed by atoms with van der Waals surface area (Å²) >= 11 is 12.3. The second-order valence-electron chi connectivity index (χ2n) is 6.65. The average molecular weight is 508 g/mol. The molecule has 0 atom stereocenters. The molecule has 9 nitrogen and oxygen atoms in total. The third-order valence-electron chi connectivity index (χ3n) is 4.56. The number of nitrogens with two attached hydrogens (primary N) is 1. The van der Waals surface area contributed by atoms with E-state index in [1.807, 2.05) is 0 Å². The summed E-state index contributed by atoms with van der Waals surface area (Å²) in [7, 11) is -7.76. The zero-order chi connectivity index (χ0) is 22.8. The van der Waals surface area contributed by atoms with Crippen molar-refractivity contribution in [3.8, 4) is 0 Å². The number of halogens is 2. The molecule has 1 amide bonds. The molecule has 0 aliphatic carbocycles. The fourth-order valence-corrected chi connectivity index (χ4v) is 5.66. The molecule has 168 valence electrons. The molecule has 31 heavy (non-hydrogen) atoms. The van der Waals surface area contributed by atoms with Crippen LogP contribution in [0.5, 0.6) is 0 Å². The Morgan fingerprint density at radius 3 is 2.23 bits per heavy atom. The van der Waals surface area contributed by atoms with E-state index in [0.29, 0.717) is 5.56 Å². The number of sulfonamides is 2. The van der Waals surface area contributed by atoms with E-state index in [1.54, 1.807) is 0 Å². The maximum Gasteiger partial charge on any atom is 0.253 e. The second kappa shape index (κ2) is 9.41. The number of carbonyl (C=O) groups excluding carboxylic acids is 1. The van der Waals surface area contributed by atoms with Crippen molar-refractivity contribution >= 4 is 49.2 Å². The van der Waals surface area contributed by atoms with Crippen LogP contribution < -0.4 is 10.5 Å². The van der Waals surface area contributed by atoms with Gasteiger partial charge in [0.1, 0.15) is 4.90 Å². The fourth-order valence-electron chi connectivity index (χ4n) is 2.90. The molecule has 0 radical (unpaired) electrons. The van der Waals surface area contributed by atoms with Gasteiger partial charge < -0.3 is 10.1 Å².